The number of hydrogen-bond donors (Lipinski definition) is 3. The van der Waals surface area contributed by atoms with Crippen LogP contribution in [0.25, 0.3) is 17.1 Å². The van der Waals surface area contributed by atoms with E-state index in [1.807, 2.05) is 36.5 Å². The summed E-state index contributed by atoms with van der Waals surface area (Å²) in [6, 6.07) is 9.26. The highest BCUT2D eigenvalue weighted by Gasteiger charge is 2.25. The molecule has 0 spiro atoms. The number of anilines is 1. The van der Waals surface area contributed by atoms with Crippen LogP contribution in [0.3, 0.4) is 0 Å². The summed E-state index contributed by atoms with van der Waals surface area (Å²) in [5.74, 6) is -0.204. The van der Waals surface area contributed by atoms with Crippen molar-refractivity contribution >= 4 is 11.7 Å². The first-order chi connectivity index (χ1) is 13.7. The van der Waals surface area contributed by atoms with Gasteiger partial charge >= 0.3 is 0 Å². The Morgan fingerprint density at radius 3 is 2.64 bits per heavy atom. The monoisotopic (exact) mass is 380 g/mol. The fraction of sp³-hybridized carbons (Fsp3) is 0.278. The summed E-state index contributed by atoms with van der Waals surface area (Å²) >= 11 is 0. The summed E-state index contributed by atoms with van der Waals surface area (Å²) in [6.45, 7) is 0. The van der Waals surface area contributed by atoms with Gasteiger partial charge in [0.15, 0.2) is 5.69 Å². The van der Waals surface area contributed by atoms with Crippen molar-refractivity contribution in [3.63, 3.8) is 0 Å². The quantitative estimate of drug-likeness (QED) is 0.572. The van der Waals surface area contributed by atoms with Gasteiger partial charge < -0.3 is 11.2 Å². The number of nitrogens with zero attached hydrogens (tertiary/aromatic N) is 5. The maximum atomic E-state index is 12.7. The van der Waals surface area contributed by atoms with E-state index >= 15 is 0 Å². The molecule has 28 heavy (non-hydrogen) atoms. The predicted octanol–water partition coefficient (Wildman–Crippen LogP) is 1.98. The molecule has 0 atom stereocenters. The van der Waals surface area contributed by atoms with Crippen LogP contribution in [-0.4, -0.2) is 31.2 Å². The molecule has 1 aliphatic rings. The van der Waals surface area contributed by atoms with Crippen molar-refractivity contribution < 1.29 is 9.42 Å². The second-order valence-corrected chi connectivity index (χ2v) is 6.50. The second-order valence-electron chi connectivity index (χ2n) is 6.50. The van der Waals surface area contributed by atoms with Crippen molar-refractivity contribution in [2.75, 3.05) is 5.73 Å². The molecular weight excluding hydrogens is 360 g/mol. The van der Waals surface area contributed by atoms with Crippen LogP contribution in [-0.2, 0) is 0 Å². The van der Waals surface area contributed by atoms with Crippen LogP contribution in [0.5, 0.6) is 0 Å². The number of nitrogens with two attached hydrogens (primary N) is 1. The van der Waals surface area contributed by atoms with Crippen molar-refractivity contribution in [2.24, 2.45) is 0 Å². The van der Waals surface area contributed by atoms with Gasteiger partial charge in [-0.05, 0) is 36.0 Å². The van der Waals surface area contributed by atoms with E-state index in [4.69, 9.17) is 5.73 Å². The van der Waals surface area contributed by atoms with Gasteiger partial charge in [0.25, 0.3) is 5.91 Å². The predicted molar refractivity (Wildman–Crippen MR) is 101 cm³/mol. The fourth-order valence-corrected chi connectivity index (χ4v) is 3.19. The summed E-state index contributed by atoms with van der Waals surface area (Å²) < 4.78 is 6.00. The van der Waals surface area contributed by atoms with E-state index in [1.165, 1.54) is 29.5 Å². The minimum absolute atomic E-state index is 0.0502. The van der Waals surface area contributed by atoms with Gasteiger partial charge in [-0.15, -0.1) is 5.10 Å². The van der Waals surface area contributed by atoms with E-state index in [0.29, 0.717) is 5.69 Å². The van der Waals surface area contributed by atoms with Crippen LogP contribution >= 0.6 is 0 Å². The number of rotatable bonds is 5. The summed E-state index contributed by atoms with van der Waals surface area (Å²) in [7, 11) is 0. The first kappa shape index (κ1) is 17.7. The Morgan fingerprint density at radius 2 is 1.93 bits per heavy atom. The lowest BCUT2D eigenvalue weighted by atomic mass is 9.96. The van der Waals surface area contributed by atoms with Crippen LogP contribution in [0.2, 0.25) is 0 Å². The molecule has 0 unspecified atom stereocenters. The molecular formula is C18H20N8O2. The minimum Gasteiger partial charge on any atom is -0.378 e. The average Bonchev–Trinajstić information content (AvgIpc) is 3.35. The van der Waals surface area contributed by atoms with Gasteiger partial charge in [-0.25, -0.2) is 4.63 Å². The number of allylic oxidation sites excluding steroid dienone is 1. The molecule has 0 aliphatic heterocycles. The topological polar surface area (TPSA) is 137 Å². The lowest BCUT2D eigenvalue weighted by molar-refractivity contribution is 0.0936. The molecule has 10 nitrogen and oxygen atoms in total. The Balaban J connectivity index is 1.62. The van der Waals surface area contributed by atoms with Crippen molar-refractivity contribution in [1.82, 2.24) is 36.2 Å². The smallest absolute Gasteiger partial charge is 0.292 e. The fourth-order valence-electron chi connectivity index (χ4n) is 3.19. The highest BCUT2D eigenvalue weighted by molar-refractivity contribution is 5.98. The Kier molecular flexibility index (Phi) is 5.00. The number of nitrogens with one attached hydrogen (secondary N) is 2. The largest absolute Gasteiger partial charge is 0.378 e. The lowest BCUT2D eigenvalue weighted by Crippen LogP contribution is -2.34. The summed E-state index contributed by atoms with van der Waals surface area (Å²) in [5.41, 5.74) is 13.9. The highest BCUT2D eigenvalue weighted by atomic mass is 16.6. The van der Waals surface area contributed by atoms with E-state index < -0.39 is 5.91 Å². The molecule has 2 aromatic heterocycles. The first-order valence-corrected chi connectivity index (χ1v) is 9.07. The molecule has 1 aliphatic carbocycles. The Labute approximate surface area is 160 Å². The zero-order valence-electron chi connectivity index (χ0n) is 15.1. The summed E-state index contributed by atoms with van der Waals surface area (Å²) in [5, 5.41) is 15.4. The molecule has 144 valence electrons. The standard InChI is InChI=1S/C18H20N8O2/c19-16-17(24-28-23-16)26-15(13-9-5-2-6-10-13)14(21-25-26)18(27)22-20-11-12-7-3-1-4-8-12/h2,5-6,9-11,20H,1,3-4,7-8H2,(H2,19,23)(H,22,27). The van der Waals surface area contributed by atoms with E-state index in [2.05, 4.69) is 36.1 Å². The molecule has 1 amide bonds. The first-order valence-electron chi connectivity index (χ1n) is 9.07. The zero-order valence-corrected chi connectivity index (χ0v) is 15.1. The van der Waals surface area contributed by atoms with Gasteiger partial charge in [0.1, 0.15) is 5.69 Å². The molecule has 4 N–H and O–H groups in total. The SMILES string of the molecule is Nc1nonc1-n1nnc(C(=O)NNC=C2CCCCC2)c1-c1ccccc1. The van der Waals surface area contributed by atoms with Gasteiger partial charge in [0.2, 0.25) is 11.6 Å². The molecule has 0 bridgehead atoms. The van der Waals surface area contributed by atoms with Gasteiger partial charge in [-0.3, -0.25) is 10.2 Å². The normalized spacial score (nSPS) is 13.9. The molecule has 3 aromatic rings. The molecule has 1 saturated carbocycles. The molecule has 2 heterocycles. The molecule has 1 aromatic carbocycles. The number of benzene rings is 1. The van der Waals surface area contributed by atoms with Crippen LogP contribution in [0.1, 0.15) is 42.6 Å². The molecule has 0 radical (unpaired) electrons. The Hall–Kier alpha value is -3.69. The lowest BCUT2D eigenvalue weighted by Gasteiger charge is -2.14. The third kappa shape index (κ3) is 3.56. The summed E-state index contributed by atoms with van der Waals surface area (Å²) in [6.07, 6.45) is 7.57. The molecule has 0 saturated heterocycles. The van der Waals surface area contributed by atoms with Crippen LogP contribution in [0, 0.1) is 0 Å². The Morgan fingerprint density at radius 1 is 1.14 bits per heavy atom. The van der Waals surface area contributed by atoms with Crippen LogP contribution in [0.15, 0.2) is 46.7 Å². The van der Waals surface area contributed by atoms with Crippen molar-refractivity contribution in [2.45, 2.75) is 32.1 Å². The average molecular weight is 380 g/mol. The van der Waals surface area contributed by atoms with Gasteiger partial charge in [-0.1, -0.05) is 47.5 Å². The maximum absolute atomic E-state index is 12.7. The number of hydrogen-bond acceptors (Lipinski definition) is 8. The van der Waals surface area contributed by atoms with Crippen molar-refractivity contribution in [3.8, 4) is 17.1 Å². The number of carbonyl (C=O) groups is 1. The number of nitrogen functional groups attached to an aromatic ring is 1. The van der Waals surface area contributed by atoms with E-state index in [0.717, 1.165) is 18.4 Å². The van der Waals surface area contributed by atoms with Gasteiger partial charge in [0.05, 0.1) is 0 Å². The molecule has 1 fully saturated rings. The zero-order chi connectivity index (χ0) is 19.3. The molecule has 10 heteroatoms. The van der Waals surface area contributed by atoms with E-state index in [-0.39, 0.29) is 17.3 Å². The highest BCUT2D eigenvalue weighted by Crippen LogP contribution is 2.26. The molecule has 4 rings (SSSR count). The number of hydrazine groups is 1. The van der Waals surface area contributed by atoms with E-state index in [1.54, 1.807) is 0 Å². The van der Waals surface area contributed by atoms with Crippen molar-refractivity contribution in [3.05, 3.63) is 47.8 Å². The number of amides is 1. The number of aromatic nitrogens is 5. The minimum atomic E-state index is -0.423. The number of carbonyl (C=O) groups excluding carboxylic acids is 1. The van der Waals surface area contributed by atoms with Gasteiger partial charge in [0, 0.05) is 11.8 Å². The van der Waals surface area contributed by atoms with Crippen molar-refractivity contribution in [1.29, 1.82) is 0 Å². The van der Waals surface area contributed by atoms with Crippen LogP contribution < -0.4 is 16.6 Å². The Bertz CT molecular complexity index is 984. The van der Waals surface area contributed by atoms with Gasteiger partial charge in [-0.2, -0.15) is 4.68 Å². The van der Waals surface area contributed by atoms with Crippen LogP contribution in [0.4, 0.5) is 5.82 Å². The third-order valence-corrected chi connectivity index (χ3v) is 4.59. The van der Waals surface area contributed by atoms with E-state index in [9.17, 15) is 4.79 Å². The second kappa shape index (κ2) is 7.91. The maximum Gasteiger partial charge on any atom is 0.292 e. The summed E-state index contributed by atoms with van der Waals surface area (Å²) in [4.78, 5) is 12.7. The third-order valence-electron chi connectivity index (χ3n) is 4.59.